The van der Waals surface area contributed by atoms with E-state index in [1.165, 1.54) is 13.8 Å². The Bertz CT molecular complexity index is 1030. The zero-order valence-corrected chi connectivity index (χ0v) is 21.5. The third-order valence-electron chi connectivity index (χ3n) is 7.45. The van der Waals surface area contributed by atoms with Gasteiger partial charge in [-0.1, -0.05) is 12.1 Å². The van der Waals surface area contributed by atoms with E-state index in [0.717, 1.165) is 36.8 Å². The Labute approximate surface area is 216 Å². The number of benzene rings is 1. The molecule has 0 bridgehead atoms. The number of hydrogen-bond donors (Lipinski definition) is 1. The number of alkyl halides is 3. The van der Waals surface area contributed by atoms with Gasteiger partial charge in [-0.2, -0.15) is 13.2 Å². The highest BCUT2D eigenvalue weighted by atomic mass is 19.4. The lowest BCUT2D eigenvalue weighted by Gasteiger charge is -2.38. The summed E-state index contributed by atoms with van der Waals surface area (Å²) in [5.74, 6) is 0.736. The van der Waals surface area contributed by atoms with Crippen LogP contribution in [-0.4, -0.2) is 77.4 Å². The Kier molecular flexibility index (Phi) is 8.43. The molecular weight excluding hydrogens is 483 g/mol. The van der Waals surface area contributed by atoms with Gasteiger partial charge in [0.1, 0.15) is 0 Å². The fraction of sp³-hybridized carbons (Fsp3) is 0.571. The molecule has 0 spiro atoms. The van der Waals surface area contributed by atoms with Gasteiger partial charge in [0.15, 0.2) is 0 Å². The van der Waals surface area contributed by atoms with Gasteiger partial charge < -0.3 is 19.6 Å². The summed E-state index contributed by atoms with van der Waals surface area (Å²) in [6.07, 6.45) is 0.216. The number of β-amino-alcohol motifs (C(OH)–C–C–N with tert-alkyl or cyclic N) is 1. The summed E-state index contributed by atoms with van der Waals surface area (Å²) < 4.78 is 45.4. The Balaban J connectivity index is 1.24. The van der Waals surface area contributed by atoms with Crippen molar-refractivity contribution in [2.75, 3.05) is 39.3 Å². The van der Waals surface area contributed by atoms with Crippen LogP contribution in [0.15, 0.2) is 42.6 Å². The van der Waals surface area contributed by atoms with E-state index in [-0.39, 0.29) is 18.4 Å². The van der Waals surface area contributed by atoms with Gasteiger partial charge in [-0.3, -0.25) is 4.79 Å². The number of pyridine rings is 1. The molecule has 4 rings (SSSR count). The minimum Gasteiger partial charge on any atom is -0.477 e. The molecule has 37 heavy (non-hydrogen) atoms. The van der Waals surface area contributed by atoms with Gasteiger partial charge in [0.25, 0.3) is 5.91 Å². The summed E-state index contributed by atoms with van der Waals surface area (Å²) in [6, 6.07) is 11.1. The lowest BCUT2D eigenvalue weighted by Crippen LogP contribution is -2.46. The van der Waals surface area contributed by atoms with Crippen molar-refractivity contribution in [1.29, 1.82) is 0 Å². The molecule has 1 atom stereocenters. The fourth-order valence-electron chi connectivity index (χ4n) is 4.93. The first-order chi connectivity index (χ1) is 17.5. The largest absolute Gasteiger partial charge is 0.477 e. The monoisotopic (exact) mass is 519 g/mol. The van der Waals surface area contributed by atoms with Gasteiger partial charge >= 0.3 is 6.18 Å². The van der Waals surface area contributed by atoms with Gasteiger partial charge in [0, 0.05) is 43.0 Å². The normalized spacial score (nSPS) is 20.2. The van der Waals surface area contributed by atoms with Gasteiger partial charge in [-0.25, -0.2) is 4.98 Å². The van der Waals surface area contributed by atoms with Crippen LogP contribution in [0.25, 0.3) is 11.1 Å². The summed E-state index contributed by atoms with van der Waals surface area (Å²) >= 11 is 0. The highest BCUT2D eigenvalue weighted by molar-refractivity contribution is 5.94. The van der Waals surface area contributed by atoms with E-state index in [0.29, 0.717) is 44.2 Å². The standard InChI is InChI=1S/C28H36F3N3O3/c1-27(2,28(29,30)31)19-33-14-11-20(12-15-33)18-37-25-10-9-23(16-32-25)21-5-7-22(8-6-21)26(36)34-13-3-4-24(35)17-34/h5-10,16,20,24,35H,3-4,11-15,17-19H2,1-2H3/t24-/m1/s1. The van der Waals surface area contributed by atoms with Crippen molar-refractivity contribution in [2.45, 2.75) is 51.8 Å². The zero-order chi connectivity index (χ0) is 26.6. The SMILES string of the molecule is CC(C)(CN1CCC(COc2ccc(-c3ccc(C(=O)N4CCC[C@@H](O)C4)cc3)cn2)CC1)C(F)(F)F. The summed E-state index contributed by atoms with van der Waals surface area (Å²) in [6.45, 7) is 5.34. The molecule has 6 nitrogen and oxygen atoms in total. The van der Waals surface area contributed by atoms with Crippen LogP contribution < -0.4 is 4.74 Å². The molecule has 0 saturated carbocycles. The van der Waals surface area contributed by atoms with E-state index < -0.39 is 17.7 Å². The third-order valence-corrected chi connectivity index (χ3v) is 7.45. The summed E-state index contributed by atoms with van der Waals surface area (Å²) in [5, 5.41) is 9.83. The Hall–Kier alpha value is -2.65. The molecule has 2 aliphatic heterocycles. The zero-order valence-electron chi connectivity index (χ0n) is 21.5. The quantitative estimate of drug-likeness (QED) is 0.556. The van der Waals surface area contributed by atoms with Gasteiger partial charge in [0.05, 0.1) is 18.1 Å². The number of rotatable bonds is 7. The molecule has 2 aliphatic rings. The molecule has 0 unspecified atom stereocenters. The summed E-state index contributed by atoms with van der Waals surface area (Å²) in [5.41, 5.74) is 0.719. The smallest absolute Gasteiger partial charge is 0.395 e. The Morgan fingerprint density at radius 1 is 1.03 bits per heavy atom. The predicted octanol–water partition coefficient (Wildman–Crippen LogP) is 5.02. The van der Waals surface area contributed by atoms with E-state index in [2.05, 4.69) is 4.98 Å². The molecule has 0 radical (unpaired) electrons. The van der Waals surface area contributed by atoms with Crippen LogP contribution in [0, 0.1) is 11.3 Å². The van der Waals surface area contributed by atoms with E-state index in [4.69, 9.17) is 4.74 Å². The minimum absolute atomic E-state index is 0.0175. The van der Waals surface area contributed by atoms with Crippen molar-refractivity contribution in [3.63, 3.8) is 0 Å². The predicted molar refractivity (Wildman–Crippen MR) is 135 cm³/mol. The van der Waals surface area contributed by atoms with Crippen LogP contribution in [0.2, 0.25) is 0 Å². The number of hydrogen-bond acceptors (Lipinski definition) is 5. The van der Waals surface area contributed by atoms with E-state index in [1.54, 1.807) is 23.2 Å². The Morgan fingerprint density at radius 3 is 2.30 bits per heavy atom. The molecule has 0 aliphatic carbocycles. The number of carbonyl (C=O) groups excluding carboxylic acids is 1. The van der Waals surface area contributed by atoms with E-state index in [1.807, 2.05) is 29.2 Å². The number of aliphatic hydroxyl groups excluding tert-OH is 1. The number of aliphatic hydroxyl groups is 1. The third kappa shape index (κ3) is 7.02. The lowest BCUT2D eigenvalue weighted by atomic mass is 9.89. The van der Waals surface area contributed by atoms with Crippen molar-refractivity contribution in [3.05, 3.63) is 48.2 Å². The molecule has 1 aromatic carbocycles. The van der Waals surface area contributed by atoms with Gasteiger partial charge in [-0.15, -0.1) is 0 Å². The van der Waals surface area contributed by atoms with Crippen molar-refractivity contribution >= 4 is 5.91 Å². The molecule has 1 amide bonds. The molecule has 1 N–H and O–H groups in total. The molecule has 2 fully saturated rings. The minimum atomic E-state index is -4.21. The lowest BCUT2D eigenvalue weighted by molar-refractivity contribution is -0.217. The number of halogens is 3. The number of likely N-dealkylation sites (tertiary alicyclic amines) is 2. The maximum Gasteiger partial charge on any atom is 0.395 e. The molecule has 2 aromatic rings. The molecule has 3 heterocycles. The highest BCUT2D eigenvalue weighted by Gasteiger charge is 2.48. The summed E-state index contributed by atoms with van der Waals surface area (Å²) in [7, 11) is 0. The van der Waals surface area contributed by atoms with Crippen molar-refractivity contribution in [2.24, 2.45) is 11.3 Å². The topological polar surface area (TPSA) is 65.9 Å². The first-order valence-electron chi connectivity index (χ1n) is 13.0. The number of nitrogens with zero attached hydrogens (tertiary/aromatic N) is 3. The van der Waals surface area contributed by atoms with Crippen molar-refractivity contribution in [1.82, 2.24) is 14.8 Å². The van der Waals surface area contributed by atoms with Crippen molar-refractivity contribution < 1.29 is 27.8 Å². The highest BCUT2D eigenvalue weighted by Crippen LogP contribution is 2.38. The molecule has 1 aromatic heterocycles. The first-order valence-corrected chi connectivity index (χ1v) is 13.0. The number of carbonyl (C=O) groups is 1. The average Bonchev–Trinajstić information content (AvgIpc) is 2.87. The molecule has 2 saturated heterocycles. The van der Waals surface area contributed by atoms with Crippen LogP contribution in [0.4, 0.5) is 13.2 Å². The maximum atomic E-state index is 13.2. The maximum absolute atomic E-state index is 13.2. The van der Waals surface area contributed by atoms with Crippen LogP contribution in [0.3, 0.4) is 0 Å². The van der Waals surface area contributed by atoms with Gasteiger partial charge in [0.2, 0.25) is 5.88 Å². The molecule has 9 heteroatoms. The summed E-state index contributed by atoms with van der Waals surface area (Å²) in [4.78, 5) is 20.7. The number of amides is 1. The number of ether oxygens (including phenoxy) is 1. The molecular formula is C28H36F3N3O3. The van der Waals surface area contributed by atoms with Crippen LogP contribution >= 0.6 is 0 Å². The number of piperidine rings is 2. The fourth-order valence-corrected chi connectivity index (χ4v) is 4.93. The van der Waals surface area contributed by atoms with E-state index >= 15 is 0 Å². The average molecular weight is 520 g/mol. The van der Waals surface area contributed by atoms with Crippen LogP contribution in [0.1, 0.15) is 49.9 Å². The second-order valence-electron chi connectivity index (χ2n) is 10.9. The van der Waals surface area contributed by atoms with Crippen LogP contribution in [-0.2, 0) is 0 Å². The molecule has 202 valence electrons. The Morgan fingerprint density at radius 2 is 1.70 bits per heavy atom. The van der Waals surface area contributed by atoms with E-state index in [9.17, 15) is 23.1 Å². The first kappa shape index (κ1) is 27.4. The number of aromatic nitrogens is 1. The van der Waals surface area contributed by atoms with Gasteiger partial charge in [-0.05, 0) is 82.3 Å². The van der Waals surface area contributed by atoms with Crippen molar-refractivity contribution in [3.8, 4) is 17.0 Å². The van der Waals surface area contributed by atoms with Crippen LogP contribution in [0.5, 0.6) is 5.88 Å². The second kappa shape index (κ2) is 11.4. The second-order valence-corrected chi connectivity index (χ2v) is 10.9.